The number of nitrogens with zero attached hydrogens (tertiary/aromatic N) is 4. The number of guanidine groups is 1. The molecule has 3 heterocycles. The number of ether oxygens (including phenoxy) is 3. The Morgan fingerprint density at radius 1 is 0.500 bits per heavy atom. The first-order valence-electron chi connectivity index (χ1n) is 41.6. The highest BCUT2D eigenvalue weighted by Crippen LogP contribution is 2.65. The molecule has 3 aromatic rings. The molecule has 566 valence electrons. The second-order valence-electron chi connectivity index (χ2n) is 35.5. The van der Waals surface area contributed by atoms with Crippen LogP contribution in [-0.2, 0) is 83.7 Å². The highest BCUT2D eigenvalue weighted by atomic mass is 79.9. The van der Waals surface area contributed by atoms with E-state index in [1.807, 2.05) is 30.9 Å². The fourth-order valence-corrected chi connectivity index (χ4v) is 23.4. The lowest BCUT2D eigenvalue weighted by molar-refractivity contribution is -0.139. The number of nitrogens with one attached hydrogen (secondary N) is 2. The SMILES string of the molecule is BrCC1CCC1.CN.COC1CCC2(CC1)Cc1ccc(CCC3CC3)cc1C21N=C(N)N(CC2CCC2)C1=O.COC1CCC2(CC1)Cc1ccc(CCC3CC3)cc1C21N=C(SCC2CCC2)N(CC2CCC2)C1=O.COC1CCC2(CC1)Cc1ccc(CCC3CC3)cc1C21NC(=S)NC1=O. The molecule has 19 rings (SSSR count). The average molecular weight is 1520 g/mol. The summed E-state index contributed by atoms with van der Waals surface area (Å²) in [6.07, 6.45) is 47.3. The zero-order chi connectivity index (χ0) is 72.0. The predicted octanol–water partition coefficient (Wildman–Crippen LogP) is 16.3. The van der Waals surface area contributed by atoms with Gasteiger partial charge in [-0.3, -0.25) is 24.2 Å². The van der Waals surface area contributed by atoms with Crippen molar-refractivity contribution in [3.63, 3.8) is 0 Å². The van der Waals surface area contributed by atoms with Crippen LogP contribution < -0.4 is 22.1 Å². The Bertz CT molecular complexity index is 3660. The number of rotatable bonds is 19. The number of amidine groups is 1. The van der Waals surface area contributed by atoms with E-state index in [2.05, 4.69) is 91.8 Å². The van der Waals surface area contributed by atoms with Gasteiger partial charge in [-0.25, -0.2) is 9.98 Å². The van der Waals surface area contributed by atoms with E-state index < -0.39 is 16.6 Å². The first-order valence-corrected chi connectivity index (χ1v) is 44.1. The number of fused-ring (bicyclic) bond motifs is 9. The van der Waals surface area contributed by atoms with E-state index in [-0.39, 0.29) is 28.1 Å². The Hall–Kier alpha value is -4.23. The van der Waals surface area contributed by atoms with Gasteiger partial charge in [-0.15, -0.1) is 0 Å². The minimum atomic E-state index is -0.829. The minimum absolute atomic E-state index is 0.0430. The van der Waals surface area contributed by atoms with E-state index in [0.717, 1.165) is 175 Å². The van der Waals surface area contributed by atoms with Crippen molar-refractivity contribution < 1.29 is 28.6 Å². The fraction of sp³-hybridized carbons (Fsp3) is 0.724. The van der Waals surface area contributed by atoms with Crippen molar-refractivity contribution in [2.75, 3.05) is 52.5 Å². The third-order valence-corrected chi connectivity index (χ3v) is 31.7. The Morgan fingerprint density at radius 3 is 1.26 bits per heavy atom. The maximum Gasteiger partial charge on any atom is 0.262 e. The summed E-state index contributed by atoms with van der Waals surface area (Å²) in [5, 5.41) is 9.13. The Labute approximate surface area is 640 Å². The zero-order valence-electron chi connectivity index (χ0n) is 63.5. The molecule has 104 heavy (non-hydrogen) atoms. The van der Waals surface area contributed by atoms with Crippen LogP contribution in [0.15, 0.2) is 64.6 Å². The lowest BCUT2D eigenvalue weighted by atomic mass is 9.61. The standard InChI is InChI=1S/C32H44N2O2S.C27H37N3O2.C22H28N2O2S.C5H9Br.CH5N/c1-36-27-14-16-31(17-15-27)19-26-13-12-23(11-10-22-8-9-22)18-28(26)32(31)29(35)34(20-24-4-2-5-24)30(33-32)37-21-25-6-3-7-25;1-32-22-11-13-26(14-12-22)16-21-10-9-19(8-7-18-5-6-18)15-23(21)27(26)24(31)30(25(28)29-27)17-20-3-2-4-20;1-26-17-8-10-21(11-9-17)13-16-7-6-15(5-4-14-2-3-14)12-18(16)22(21)19(25)23-20(27)24-22;6-4-5-2-1-3-5;1-2/h12-13,18,22,24-25,27H,2-11,14-17,19-21H2,1H3;9-10,15,18,20,22H,2-8,11-14,16-17H2,1H3,(H2,28,29);6-7,12,14,17H,2-5,8-11,13H2,1H3,(H2,23,24,25,27);5H,1-4H2;2H2,1H3. The third-order valence-electron chi connectivity index (χ3n) is 29.4. The number of carbonyl (C=O) groups is 3. The summed E-state index contributed by atoms with van der Waals surface area (Å²) >= 11 is 10.7. The van der Waals surface area contributed by atoms with Gasteiger partial charge in [-0.1, -0.05) is 146 Å². The van der Waals surface area contributed by atoms with Gasteiger partial charge in [-0.2, -0.15) is 0 Å². The van der Waals surface area contributed by atoms with Crippen LogP contribution in [0.25, 0.3) is 0 Å². The molecule has 10 saturated carbocycles. The highest BCUT2D eigenvalue weighted by molar-refractivity contribution is 9.09. The van der Waals surface area contributed by atoms with Crippen molar-refractivity contribution >= 4 is 73.9 Å². The molecule has 13 aliphatic carbocycles. The summed E-state index contributed by atoms with van der Waals surface area (Å²) < 4.78 is 17.1. The highest BCUT2D eigenvalue weighted by Gasteiger charge is 2.70. The normalized spacial score (nSPS) is 33.0. The molecule has 1 saturated heterocycles. The van der Waals surface area contributed by atoms with E-state index in [1.54, 1.807) is 7.11 Å². The molecule has 0 bridgehead atoms. The van der Waals surface area contributed by atoms with E-state index in [0.29, 0.717) is 47.1 Å². The van der Waals surface area contributed by atoms with Crippen molar-refractivity contribution in [3.05, 3.63) is 105 Å². The van der Waals surface area contributed by atoms with E-state index in [9.17, 15) is 14.4 Å². The van der Waals surface area contributed by atoms with Gasteiger partial charge in [0.2, 0.25) is 0 Å². The lowest BCUT2D eigenvalue weighted by Gasteiger charge is -2.46. The molecule has 16 aliphatic rings. The number of thiocarbonyl (C=S) groups is 1. The molecule has 6 spiro atoms. The smallest absolute Gasteiger partial charge is 0.262 e. The van der Waals surface area contributed by atoms with Crippen molar-refractivity contribution in [1.29, 1.82) is 0 Å². The van der Waals surface area contributed by atoms with Crippen LogP contribution >= 0.6 is 39.9 Å². The molecule has 17 heteroatoms. The van der Waals surface area contributed by atoms with Gasteiger partial charge in [-0.05, 0) is 297 Å². The predicted molar refractivity (Wildman–Crippen MR) is 426 cm³/mol. The minimum Gasteiger partial charge on any atom is -0.381 e. The number of aryl methyl sites for hydroxylation is 3. The van der Waals surface area contributed by atoms with Gasteiger partial charge < -0.3 is 36.3 Å². The molecular weight excluding hydrogens is 1400 g/mol. The number of thioether (sulfide) groups is 1. The van der Waals surface area contributed by atoms with Crippen molar-refractivity contribution in [2.24, 2.45) is 79.1 Å². The summed E-state index contributed by atoms with van der Waals surface area (Å²) in [7, 11) is 6.96. The quantitative estimate of drug-likeness (QED) is 0.0661. The zero-order valence-corrected chi connectivity index (χ0v) is 66.7. The molecule has 0 radical (unpaired) electrons. The second kappa shape index (κ2) is 31.6. The number of amides is 3. The number of hydrogen-bond donors (Lipinski definition) is 4. The Kier molecular flexibility index (Phi) is 22.9. The van der Waals surface area contributed by atoms with Crippen LogP contribution in [0.1, 0.15) is 262 Å². The van der Waals surface area contributed by atoms with Crippen molar-refractivity contribution in [1.82, 2.24) is 20.4 Å². The van der Waals surface area contributed by atoms with E-state index in [4.69, 9.17) is 42.1 Å². The molecule has 6 N–H and O–H groups in total. The molecule has 3 aromatic carbocycles. The molecule has 3 atom stereocenters. The number of halogens is 1. The van der Waals surface area contributed by atoms with Gasteiger partial charge in [0.1, 0.15) is 0 Å². The molecule has 11 fully saturated rings. The number of alkyl halides is 1. The number of methoxy groups -OCH3 is 3. The third kappa shape index (κ3) is 14.3. The average Bonchev–Trinajstić information content (AvgIpc) is 1.53. The van der Waals surface area contributed by atoms with E-state index in [1.165, 1.54) is 192 Å². The maximum atomic E-state index is 14.9. The lowest BCUT2D eigenvalue weighted by Crippen LogP contribution is -2.56. The van der Waals surface area contributed by atoms with Crippen LogP contribution in [0.5, 0.6) is 0 Å². The van der Waals surface area contributed by atoms with Gasteiger partial charge in [0.15, 0.2) is 32.9 Å². The van der Waals surface area contributed by atoms with Gasteiger partial charge in [0.25, 0.3) is 17.7 Å². The fourth-order valence-electron chi connectivity index (χ4n) is 21.2. The second-order valence-corrected chi connectivity index (χ2v) is 37.6. The van der Waals surface area contributed by atoms with Crippen molar-refractivity contribution in [3.8, 4) is 0 Å². The number of benzene rings is 3. The topological polar surface area (TPSA) is 186 Å². The summed E-state index contributed by atoms with van der Waals surface area (Å²) in [5.74, 6) is 7.90. The van der Waals surface area contributed by atoms with Crippen LogP contribution in [0, 0.1) is 57.7 Å². The summed E-state index contributed by atoms with van der Waals surface area (Å²) in [6.45, 7) is 1.62. The summed E-state index contributed by atoms with van der Waals surface area (Å²) in [5.41, 5.74) is 20.1. The Balaban J connectivity index is 0.000000120. The summed E-state index contributed by atoms with van der Waals surface area (Å²) in [6, 6.07) is 20.9. The monoisotopic (exact) mass is 1520 g/mol. The maximum absolute atomic E-state index is 14.9. The summed E-state index contributed by atoms with van der Waals surface area (Å²) in [4.78, 5) is 57.3. The number of hydrogen-bond acceptors (Lipinski definition) is 12. The molecule has 3 unspecified atom stereocenters. The van der Waals surface area contributed by atoms with E-state index >= 15 is 0 Å². The number of aliphatic imine (C=N–C) groups is 2. The van der Waals surface area contributed by atoms with Crippen LogP contribution in [0.4, 0.5) is 0 Å². The van der Waals surface area contributed by atoms with Gasteiger partial charge >= 0.3 is 0 Å². The van der Waals surface area contributed by atoms with Gasteiger partial charge in [0, 0.05) is 61.7 Å². The molecule has 3 aliphatic heterocycles. The molecule has 0 aromatic heterocycles. The Morgan fingerprint density at radius 2 is 0.885 bits per heavy atom. The van der Waals surface area contributed by atoms with Gasteiger partial charge in [0.05, 0.1) is 18.3 Å². The first-order chi connectivity index (χ1) is 50.6. The van der Waals surface area contributed by atoms with Crippen LogP contribution in [0.2, 0.25) is 0 Å². The van der Waals surface area contributed by atoms with Crippen molar-refractivity contribution in [2.45, 2.75) is 285 Å². The first kappa shape index (κ1) is 75.2. The van der Waals surface area contributed by atoms with Crippen LogP contribution in [-0.4, -0.2) is 115 Å². The number of carbonyl (C=O) groups excluding carboxylic acids is 3. The number of nitrogens with two attached hydrogens (primary N) is 2. The van der Waals surface area contributed by atoms with Crippen LogP contribution in [0.3, 0.4) is 0 Å². The largest absolute Gasteiger partial charge is 0.381 e. The molecule has 14 nitrogen and oxygen atoms in total. The molecule has 3 amide bonds. The molecular formula is C87H123BrN8O6S2.